The van der Waals surface area contributed by atoms with Crippen LogP contribution in [0.3, 0.4) is 0 Å². The van der Waals surface area contributed by atoms with Gasteiger partial charge >= 0.3 is 0 Å². The molecule has 0 bridgehead atoms. The molecule has 1 heterocycles. The van der Waals surface area contributed by atoms with E-state index in [0.29, 0.717) is 30.1 Å². The van der Waals surface area contributed by atoms with Gasteiger partial charge in [0.25, 0.3) is 11.5 Å². The Labute approximate surface area is 141 Å². The van der Waals surface area contributed by atoms with E-state index in [1.807, 2.05) is 26.0 Å². The number of rotatable bonds is 5. The number of hydrogen-bond donors (Lipinski definition) is 1. The molecule has 0 aliphatic rings. The first kappa shape index (κ1) is 17.5. The first-order valence-corrected chi connectivity index (χ1v) is 7.89. The van der Waals surface area contributed by atoms with Gasteiger partial charge < -0.3 is 9.88 Å². The molecule has 1 N–H and O–H groups in total. The molecule has 0 saturated heterocycles. The number of benzene rings is 1. The fourth-order valence-electron chi connectivity index (χ4n) is 2.33. The van der Waals surface area contributed by atoms with Gasteiger partial charge in [-0.25, -0.2) is 0 Å². The van der Waals surface area contributed by atoms with Crippen LogP contribution in [0.2, 0.25) is 0 Å². The first-order chi connectivity index (χ1) is 11.4. The minimum Gasteiger partial charge on any atom is -0.352 e. The van der Waals surface area contributed by atoms with E-state index in [1.165, 1.54) is 4.57 Å². The summed E-state index contributed by atoms with van der Waals surface area (Å²) in [6, 6.07) is 10.9. The summed E-state index contributed by atoms with van der Waals surface area (Å²) in [4.78, 5) is 24.4. The van der Waals surface area contributed by atoms with Gasteiger partial charge in [-0.3, -0.25) is 9.59 Å². The van der Waals surface area contributed by atoms with Crippen LogP contribution < -0.4 is 10.9 Å². The standard InChI is InChI=1S/C19H21N3O2/c1-13(2)11-21-18(23)16-6-4-5-15(9-16)12-22-8-7-14(3)17(10-20)19(22)24/h4-9,13H,11-12H2,1-3H3,(H,21,23). The van der Waals surface area contributed by atoms with Crippen LogP contribution >= 0.6 is 0 Å². The van der Waals surface area contributed by atoms with E-state index in [9.17, 15) is 9.59 Å². The van der Waals surface area contributed by atoms with Crippen molar-refractivity contribution in [2.45, 2.75) is 27.3 Å². The van der Waals surface area contributed by atoms with E-state index in [2.05, 4.69) is 5.32 Å². The number of carbonyl (C=O) groups excluding carboxylic acids is 1. The SMILES string of the molecule is Cc1ccn(Cc2cccc(C(=O)NCC(C)C)c2)c(=O)c1C#N. The van der Waals surface area contributed by atoms with Gasteiger partial charge in [0.15, 0.2) is 0 Å². The lowest BCUT2D eigenvalue weighted by Crippen LogP contribution is -2.27. The lowest BCUT2D eigenvalue weighted by atomic mass is 10.1. The highest BCUT2D eigenvalue weighted by molar-refractivity contribution is 5.94. The van der Waals surface area contributed by atoms with Gasteiger partial charge in [-0.2, -0.15) is 5.26 Å². The van der Waals surface area contributed by atoms with Crippen molar-refractivity contribution >= 4 is 5.91 Å². The van der Waals surface area contributed by atoms with Crippen LogP contribution in [0.1, 0.15) is 40.9 Å². The Hall–Kier alpha value is -2.87. The monoisotopic (exact) mass is 323 g/mol. The van der Waals surface area contributed by atoms with E-state index in [4.69, 9.17) is 5.26 Å². The summed E-state index contributed by atoms with van der Waals surface area (Å²) in [7, 11) is 0. The van der Waals surface area contributed by atoms with Gasteiger partial charge in [0, 0.05) is 18.3 Å². The van der Waals surface area contributed by atoms with Gasteiger partial charge in [0.05, 0.1) is 6.54 Å². The van der Waals surface area contributed by atoms with Gasteiger partial charge in [-0.15, -0.1) is 0 Å². The van der Waals surface area contributed by atoms with Gasteiger partial charge in [0.2, 0.25) is 0 Å². The molecule has 0 aliphatic heterocycles. The fraction of sp³-hybridized carbons (Fsp3) is 0.316. The van der Waals surface area contributed by atoms with Crippen molar-refractivity contribution in [2.24, 2.45) is 5.92 Å². The Morgan fingerprint density at radius 1 is 1.33 bits per heavy atom. The number of pyridine rings is 1. The normalized spacial score (nSPS) is 10.5. The molecule has 0 radical (unpaired) electrons. The number of nitrogens with zero attached hydrogens (tertiary/aromatic N) is 2. The first-order valence-electron chi connectivity index (χ1n) is 7.89. The lowest BCUT2D eigenvalue weighted by Gasteiger charge is -2.10. The van der Waals surface area contributed by atoms with Crippen molar-refractivity contribution < 1.29 is 4.79 Å². The van der Waals surface area contributed by atoms with E-state index < -0.39 is 0 Å². The molecular formula is C19H21N3O2. The Morgan fingerprint density at radius 3 is 2.75 bits per heavy atom. The molecule has 0 aliphatic carbocycles. The average molecular weight is 323 g/mol. The molecule has 0 saturated carbocycles. The molecule has 0 atom stereocenters. The Kier molecular flexibility index (Phi) is 5.54. The molecule has 2 rings (SSSR count). The summed E-state index contributed by atoms with van der Waals surface area (Å²) in [5, 5.41) is 12.0. The van der Waals surface area contributed by atoms with Crippen molar-refractivity contribution in [3.63, 3.8) is 0 Å². The van der Waals surface area contributed by atoms with Crippen LogP contribution in [0.25, 0.3) is 0 Å². The number of nitriles is 1. The molecule has 124 valence electrons. The van der Waals surface area contributed by atoms with Crippen molar-refractivity contribution in [2.75, 3.05) is 6.54 Å². The summed E-state index contributed by atoms with van der Waals surface area (Å²) in [5.74, 6) is 0.257. The zero-order valence-electron chi connectivity index (χ0n) is 14.2. The zero-order chi connectivity index (χ0) is 17.7. The number of hydrogen-bond acceptors (Lipinski definition) is 3. The van der Waals surface area contributed by atoms with Gasteiger partial charge in [-0.05, 0) is 42.2 Å². The molecule has 2 aromatic rings. The molecule has 24 heavy (non-hydrogen) atoms. The molecule has 5 heteroatoms. The second-order valence-electron chi connectivity index (χ2n) is 6.22. The maximum Gasteiger partial charge on any atom is 0.269 e. The smallest absolute Gasteiger partial charge is 0.269 e. The summed E-state index contributed by atoms with van der Waals surface area (Å²) < 4.78 is 1.48. The molecule has 0 spiro atoms. The van der Waals surface area contributed by atoms with Crippen molar-refractivity contribution in [1.82, 2.24) is 9.88 Å². The second-order valence-corrected chi connectivity index (χ2v) is 6.22. The fourth-order valence-corrected chi connectivity index (χ4v) is 2.33. The predicted molar refractivity (Wildman–Crippen MR) is 92.9 cm³/mol. The summed E-state index contributed by atoms with van der Waals surface area (Å²) in [5.41, 5.74) is 1.91. The highest BCUT2D eigenvalue weighted by Crippen LogP contribution is 2.08. The van der Waals surface area contributed by atoms with E-state index >= 15 is 0 Å². The van der Waals surface area contributed by atoms with Crippen molar-refractivity contribution in [3.05, 3.63) is 69.1 Å². The predicted octanol–water partition coefficient (Wildman–Crippen LogP) is 2.46. The molecule has 0 fully saturated rings. The molecule has 1 aromatic heterocycles. The minimum absolute atomic E-state index is 0.125. The number of carbonyl (C=O) groups is 1. The van der Waals surface area contributed by atoms with E-state index in [1.54, 1.807) is 37.4 Å². The molecular weight excluding hydrogens is 302 g/mol. The number of aromatic nitrogens is 1. The Bertz CT molecular complexity index is 844. The highest BCUT2D eigenvalue weighted by Gasteiger charge is 2.09. The van der Waals surface area contributed by atoms with Gasteiger partial charge in [0.1, 0.15) is 11.6 Å². The molecule has 5 nitrogen and oxygen atoms in total. The highest BCUT2D eigenvalue weighted by atomic mass is 16.1. The molecule has 0 unspecified atom stereocenters. The van der Waals surface area contributed by atoms with Crippen LogP contribution in [0.15, 0.2) is 41.3 Å². The quantitative estimate of drug-likeness (QED) is 0.918. The van der Waals surface area contributed by atoms with Crippen molar-refractivity contribution in [1.29, 1.82) is 5.26 Å². The Balaban J connectivity index is 2.23. The number of aryl methyl sites for hydroxylation is 1. The largest absolute Gasteiger partial charge is 0.352 e. The molecule has 1 amide bonds. The maximum atomic E-state index is 12.3. The zero-order valence-corrected chi connectivity index (χ0v) is 14.2. The third kappa shape index (κ3) is 4.11. The summed E-state index contributed by atoms with van der Waals surface area (Å²) in [6.45, 7) is 6.75. The van der Waals surface area contributed by atoms with Crippen LogP contribution in [0.4, 0.5) is 0 Å². The van der Waals surface area contributed by atoms with Gasteiger partial charge in [-0.1, -0.05) is 26.0 Å². The van der Waals surface area contributed by atoms with Crippen LogP contribution in [0.5, 0.6) is 0 Å². The minimum atomic E-state index is -0.313. The summed E-state index contributed by atoms with van der Waals surface area (Å²) >= 11 is 0. The topological polar surface area (TPSA) is 74.9 Å². The molecule has 1 aromatic carbocycles. The Morgan fingerprint density at radius 2 is 2.08 bits per heavy atom. The third-order valence-electron chi connectivity index (χ3n) is 3.70. The van der Waals surface area contributed by atoms with Crippen LogP contribution in [-0.2, 0) is 6.54 Å². The number of amides is 1. The van der Waals surface area contributed by atoms with Crippen LogP contribution in [0, 0.1) is 24.2 Å². The average Bonchev–Trinajstić information content (AvgIpc) is 2.56. The third-order valence-corrected chi connectivity index (χ3v) is 3.70. The van der Waals surface area contributed by atoms with E-state index in [0.717, 1.165) is 5.56 Å². The maximum absolute atomic E-state index is 12.3. The summed E-state index contributed by atoms with van der Waals surface area (Å²) in [6.07, 6.45) is 1.67. The van der Waals surface area contributed by atoms with E-state index in [-0.39, 0.29) is 17.0 Å². The van der Waals surface area contributed by atoms with Crippen LogP contribution in [-0.4, -0.2) is 17.0 Å². The van der Waals surface area contributed by atoms with Crippen molar-refractivity contribution in [3.8, 4) is 6.07 Å². The number of nitrogens with one attached hydrogen (secondary N) is 1. The lowest BCUT2D eigenvalue weighted by molar-refractivity contribution is 0.0949. The second kappa shape index (κ2) is 7.60.